The van der Waals surface area contributed by atoms with Crippen molar-refractivity contribution in [1.82, 2.24) is 4.90 Å². The Labute approximate surface area is 138 Å². The third-order valence-electron chi connectivity index (χ3n) is 6.21. The van der Waals surface area contributed by atoms with Crippen LogP contribution in [0.3, 0.4) is 0 Å². The summed E-state index contributed by atoms with van der Waals surface area (Å²) >= 11 is 1.92. The fourth-order valence-corrected chi connectivity index (χ4v) is 5.46. The molecule has 0 amide bonds. The van der Waals surface area contributed by atoms with E-state index in [-0.39, 0.29) is 0 Å². The van der Waals surface area contributed by atoms with Gasteiger partial charge in [0.2, 0.25) is 0 Å². The molecule has 3 aliphatic rings. The molecule has 4 rings (SSSR count). The van der Waals surface area contributed by atoms with Crippen molar-refractivity contribution < 1.29 is 4.74 Å². The van der Waals surface area contributed by atoms with Crippen molar-refractivity contribution in [2.24, 2.45) is 16.7 Å². The van der Waals surface area contributed by atoms with Crippen molar-refractivity contribution in [2.75, 3.05) is 26.3 Å². The van der Waals surface area contributed by atoms with Crippen LogP contribution in [0.25, 0.3) is 0 Å². The normalized spacial score (nSPS) is 29.0. The molecule has 2 aliphatic heterocycles. The lowest BCUT2D eigenvalue weighted by molar-refractivity contribution is -0.204. The van der Waals surface area contributed by atoms with Crippen LogP contribution in [0.4, 0.5) is 0 Å². The van der Waals surface area contributed by atoms with Crippen molar-refractivity contribution in [3.05, 3.63) is 21.9 Å². The first-order valence-electron chi connectivity index (χ1n) is 8.83. The molecule has 3 heterocycles. The Bertz CT molecular complexity index is 527. The fourth-order valence-electron chi connectivity index (χ4n) is 4.72. The predicted octanol–water partition coefficient (Wildman–Crippen LogP) is 4.65. The summed E-state index contributed by atoms with van der Waals surface area (Å²) in [6.07, 6.45) is 5.57. The number of likely N-dealkylation sites (tertiary alicyclic amines) is 1. The summed E-state index contributed by atoms with van der Waals surface area (Å²) in [6.45, 7) is 11.6. The zero-order valence-corrected chi connectivity index (χ0v) is 15.0. The third-order valence-corrected chi connectivity index (χ3v) is 7.09. The van der Waals surface area contributed by atoms with E-state index in [1.54, 1.807) is 5.56 Å². The average molecular weight is 320 g/mol. The van der Waals surface area contributed by atoms with E-state index in [1.165, 1.54) is 43.6 Å². The molecule has 122 valence electrons. The highest BCUT2D eigenvalue weighted by molar-refractivity contribution is 7.10. The molecule has 1 aliphatic carbocycles. The van der Waals surface area contributed by atoms with Crippen LogP contribution in [0.5, 0.6) is 0 Å². The maximum Gasteiger partial charge on any atom is 0.0569 e. The molecule has 1 unspecified atom stereocenters. The summed E-state index contributed by atoms with van der Waals surface area (Å²) < 4.78 is 5.47. The molecule has 3 heteroatoms. The quantitative estimate of drug-likeness (QED) is 0.804. The summed E-state index contributed by atoms with van der Waals surface area (Å²) in [6, 6.07) is 3.10. The van der Waals surface area contributed by atoms with Crippen molar-refractivity contribution in [2.45, 2.75) is 52.5 Å². The Morgan fingerprint density at radius 3 is 2.41 bits per heavy atom. The first-order chi connectivity index (χ1) is 10.5. The highest BCUT2D eigenvalue weighted by atomic mass is 32.1. The van der Waals surface area contributed by atoms with E-state index in [4.69, 9.17) is 4.74 Å². The summed E-state index contributed by atoms with van der Waals surface area (Å²) in [5, 5.41) is 2.42. The van der Waals surface area contributed by atoms with Gasteiger partial charge in [0, 0.05) is 29.4 Å². The van der Waals surface area contributed by atoms with Crippen LogP contribution in [0.15, 0.2) is 11.4 Å². The van der Waals surface area contributed by atoms with Crippen LogP contribution in [-0.4, -0.2) is 31.2 Å². The fraction of sp³-hybridized carbons (Fsp3) is 0.789. The lowest BCUT2D eigenvalue weighted by Crippen LogP contribution is -2.67. The maximum absolute atomic E-state index is 5.47. The molecule has 3 fully saturated rings. The highest BCUT2D eigenvalue weighted by Crippen LogP contribution is 2.50. The molecule has 0 aromatic carbocycles. The smallest absolute Gasteiger partial charge is 0.0569 e. The molecule has 0 N–H and O–H groups in total. The Hall–Kier alpha value is -0.380. The van der Waals surface area contributed by atoms with Crippen LogP contribution >= 0.6 is 11.3 Å². The molecule has 1 atom stereocenters. The van der Waals surface area contributed by atoms with Gasteiger partial charge >= 0.3 is 0 Å². The van der Waals surface area contributed by atoms with Crippen LogP contribution in [0, 0.1) is 23.7 Å². The first kappa shape index (κ1) is 15.2. The molecule has 0 bridgehead atoms. The summed E-state index contributed by atoms with van der Waals surface area (Å²) in [5.74, 6) is 0.848. The van der Waals surface area contributed by atoms with E-state index >= 15 is 0 Å². The Morgan fingerprint density at radius 1 is 1.23 bits per heavy atom. The van der Waals surface area contributed by atoms with E-state index < -0.39 is 0 Å². The SMILES string of the molecule is Cc1cc(C(C2CCC(C)(C)CC2)N2CC3(COC3)C2)cs1. The van der Waals surface area contributed by atoms with Crippen molar-refractivity contribution in [3.8, 4) is 0 Å². The van der Waals surface area contributed by atoms with Gasteiger partial charge in [-0.2, -0.15) is 0 Å². The van der Waals surface area contributed by atoms with E-state index in [0.717, 1.165) is 19.1 Å². The first-order valence-corrected chi connectivity index (χ1v) is 9.71. The predicted molar refractivity (Wildman–Crippen MR) is 92.4 cm³/mol. The summed E-state index contributed by atoms with van der Waals surface area (Å²) in [4.78, 5) is 4.21. The van der Waals surface area contributed by atoms with Gasteiger partial charge in [0.1, 0.15) is 0 Å². The second-order valence-electron chi connectivity index (χ2n) is 8.83. The molecule has 1 aromatic rings. The molecule has 2 saturated heterocycles. The average Bonchev–Trinajstić information content (AvgIpc) is 2.78. The van der Waals surface area contributed by atoms with Gasteiger partial charge in [0.25, 0.3) is 0 Å². The van der Waals surface area contributed by atoms with Gasteiger partial charge in [-0.15, -0.1) is 11.3 Å². The Morgan fingerprint density at radius 2 is 1.91 bits per heavy atom. The maximum atomic E-state index is 5.47. The molecule has 1 spiro atoms. The topological polar surface area (TPSA) is 12.5 Å². The van der Waals surface area contributed by atoms with Gasteiger partial charge in [-0.3, -0.25) is 4.90 Å². The van der Waals surface area contributed by atoms with Crippen LogP contribution in [0.1, 0.15) is 56.0 Å². The number of nitrogens with zero attached hydrogens (tertiary/aromatic N) is 1. The Kier molecular flexibility index (Phi) is 3.67. The molecular weight excluding hydrogens is 290 g/mol. The van der Waals surface area contributed by atoms with Gasteiger partial charge < -0.3 is 4.74 Å². The van der Waals surface area contributed by atoms with Crippen molar-refractivity contribution in [1.29, 1.82) is 0 Å². The van der Waals surface area contributed by atoms with E-state index in [0.29, 0.717) is 16.9 Å². The van der Waals surface area contributed by atoms with Gasteiger partial charge in [0.15, 0.2) is 0 Å². The zero-order valence-electron chi connectivity index (χ0n) is 14.2. The van der Waals surface area contributed by atoms with Gasteiger partial charge in [-0.1, -0.05) is 13.8 Å². The van der Waals surface area contributed by atoms with Crippen LogP contribution in [0.2, 0.25) is 0 Å². The lowest BCUT2D eigenvalue weighted by atomic mass is 9.68. The highest BCUT2D eigenvalue weighted by Gasteiger charge is 2.52. The van der Waals surface area contributed by atoms with E-state index in [9.17, 15) is 0 Å². The number of hydrogen-bond donors (Lipinski definition) is 0. The molecule has 2 nitrogen and oxygen atoms in total. The monoisotopic (exact) mass is 319 g/mol. The number of thiophene rings is 1. The van der Waals surface area contributed by atoms with Crippen molar-refractivity contribution >= 4 is 11.3 Å². The molecule has 0 radical (unpaired) electrons. The largest absolute Gasteiger partial charge is 0.380 e. The van der Waals surface area contributed by atoms with E-state index in [1.807, 2.05) is 11.3 Å². The van der Waals surface area contributed by atoms with Crippen LogP contribution in [-0.2, 0) is 4.74 Å². The Balaban J connectivity index is 1.51. The lowest BCUT2D eigenvalue weighted by Gasteiger charge is -2.59. The minimum absolute atomic E-state index is 0.525. The molecule has 22 heavy (non-hydrogen) atoms. The van der Waals surface area contributed by atoms with Gasteiger partial charge in [-0.05, 0) is 60.9 Å². The minimum atomic E-state index is 0.525. The van der Waals surface area contributed by atoms with E-state index in [2.05, 4.69) is 37.1 Å². The van der Waals surface area contributed by atoms with Gasteiger partial charge in [-0.25, -0.2) is 0 Å². The van der Waals surface area contributed by atoms with Crippen molar-refractivity contribution in [3.63, 3.8) is 0 Å². The molecular formula is C19H29NOS. The zero-order chi connectivity index (χ0) is 15.4. The number of ether oxygens (including phenoxy) is 1. The third kappa shape index (κ3) is 2.65. The number of hydrogen-bond acceptors (Lipinski definition) is 3. The minimum Gasteiger partial charge on any atom is -0.380 e. The van der Waals surface area contributed by atoms with Gasteiger partial charge in [0.05, 0.1) is 13.2 Å². The standard InChI is InChI=1S/C19H29NOS/c1-14-8-16(9-22-14)17(15-4-6-18(2,3)7-5-15)20-10-19(11-20)12-21-13-19/h8-9,15,17H,4-7,10-13H2,1-3H3. The molecule has 1 aromatic heterocycles. The number of aryl methyl sites for hydroxylation is 1. The second kappa shape index (κ2) is 5.32. The second-order valence-corrected chi connectivity index (χ2v) is 9.95. The summed E-state index contributed by atoms with van der Waals surface area (Å²) in [5.41, 5.74) is 2.67. The van der Waals surface area contributed by atoms with Crippen LogP contribution < -0.4 is 0 Å². The number of rotatable bonds is 3. The molecule has 1 saturated carbocycles. The summed E-state index contributed by atoms with van der Waals surface area (Å²) in [7, 11) is 0.